The number of carboxylic acids is 1. The summed E-state index contributed by atoms with van der Waals surface area (Å²) in [6, 6.07) is 9.82. The average Bonchev–Trinajstić information content (AvgIpc) is 2.76. The van der Waals surface area contributed by atoms with E-state index < -0.39 is 22.5 Å². The zero-order valence-electron chi connectivity index (χ0n) is 11.6. The van der Waals surface area contributed by atoms with Gasteiger partial charge in [-0.2, -0.15) is 0 Å². The molecule has 2 rings (SSSR count). The van der Waals surface area contributed by atoms with Crippen LogP contribution in [0.1, 0.15) is 9.75 Å². The lowest BCUT2D eigenvalue weighted by Gasteiger charge is -2.22. The highest BCUT2D eigenvalue weighted by molar-refractivity contribution is 7.93. The summed E-state index contributed by atoms with van der Waals surface area (Å²) in [5.74, 6) is -1.20. The van der Waals surface area contributed by atoms with Gasteiger partial charge in [0.2, 0.25) is 0 Å². The number of carboxylic acid groups (broad SMARTS) is 1. The first-order chi connectivity index (χ1) is 9.82. The highest BCUT2D eigenvalue weighted by Crippen LogP contribution is 2.30. The fraction of sp³-hybridized carbons (Fsp3) is 0.214. The molecule has 7 heteroatoms. The van der Waals surface area contributed by atoms with Crippen LogP contribution in [0.3, 0.4) is 0 Å². The second-order valence-electron chi connectivity index (χ2n) is 4.52. The Morgan fingerprint density at radius 1 is 1.24 bits per heavy atom. The molecule has 0 saturated heterocycles. The van der Waals surface area contributed by atoms with Crippen LogP contribution in [0.25, 0.3) is 0 Å². The van der Waals surface area contributed by atoms with E-state index >= 15 is 0 Å². The molecular weight excluding hydrogens is 310 g/mol. The van der Waals surface area contributed by atoms with E-state index in [2.05, 4.69) is 0 Å². The third kappa shape index (κ3) is 3.25. The van der Waals surface area contributed by atoms with E-state index in [0.29, 0.717) is 10.6 Å². The van der Waals surface area contributed by atoms with Gasteiger partial charge < -0.3 is 5.11 Å². The van der Waals surface area contributed by atoms with Crippen LogP contribution >= 0.6 is 11.3 Å². The molecule has 0 amide bonds. The van der Waals surface area contributed by atoms with Gasteiger partial charge in [0.15, 0.2) is 0 Å². The molecule has 0 aliphatic rings. The standard InChI is InChI=1S/C14H15NO4S2/c1-10-8-13(11(2)20-10)21(18,19)15(9-14(16)17)12-6-4-3-5-7-12/h3-8H,9H2,1-2H3,(H,16,17). The van der Waals surface area contributed by atoms with Gasteiger partial charge in [0.05, 0.1) is 5.69 Å². The lowest BCUT2D eigenvalue weighted by molar-refractivity contribution is -0.135. The minimum Gasteiger partial charge on any atom is -0.480 e. The topological polar surface area (TPSA) is 74.7 Å². The highest BCUT2D eigenvalue weighted by atomic mass is 32.2. The summed E-state index contributed by atoms with van der Waals surface area (Å²) >= 11 is 1.37. The van der Waals surface area contributed by atoms with Crippen molar-refractivity contribution in [3.8, 4) is 0 Å². The van der Waals surface area contributed by atoms with Crippen molar-refractivity contribution in [3.05, 3.63) is 46.2 Å². The third-order valence-electron chi connectivity index (χ3n) is 2.89. The van der Waals surface area contributed by atoms with Gasteiger partial charge >= 0.3 is 5.97 Å². The molecule has 0 radical (unpaired) electrons. The van der Waals surface area contributed by atoms with Gasteiger partial charge in [0, 0.05) is 9.75 Å². The molecule has 1 heterocycles. The van der Waals surface area contributed by atoms with Crippen molar-refractivity contribution in [1.82, 2.24) is 0 Å². The maximum Gasteiger partial charge on any atom is 0.324 e. The zero-order chi connectivity index (χ0) is 15.6. The van der Waals surface area contributed by atoms with Crippen LogP contribution in [0, 0.1) is 13.8 Å². The van der Waals surface area contributed by atoms with Crippen LogP contribution in [0.15, 0.2) is 41.3 Å². The monoisotopic (exact) mass is 325 g/mol. The minimum atomic E-state index is -3.90. The lowest BCUT2D eigenvalue weighted by Crippen LogP contribution is -2.35. The number of hydrogen-bond donors (Lipinski definition) is 1. The molecule has 0 aliphatic carbocycles. The predicted molar refractivity (Wildman–Crippen MR) is 82.4 cm³/mol. The van der Waals surface area contributed by atoms with Crippen LogP contribution in [0.4, 0.5) is 5.69 Å². The number of carbonyl (C=O) groups is 1. The van der Waals surface area contributed by atoms with Crippen molar-refractivity contribution in [3.63, 3.8) is 0 Å². The molecule has 112 valence electrons. The number of benzene rings is 1. The SMILES string of the molecule is Cc1cc(S(=O)(=O)N(CC(=O)O)c2ccccc2)c(C)s1. The molecule has 2 aromatic rings. The average molecular weight is 325 g/mol. The maximum atomic E-state index is 12.8. The van der Waals surface area contributed by atoms with Crippen LogP contribution in [-0.2, 0) is 14.8 Å². The molecule has 5 nitrogen and oxygen atoms in total. The number of nitrogens with zero attached hydrogens (tertiary/aromatic N) is 1. The fourth-order valence-electron chi connectivity index (χ4n) is 2.01. The van der Waals surface area contributed by atoms with Gasteiger partial charge in [-0.15, -0.1) is 11.3 Å². The van der Waals surface area contributed by atoms with Gasteiger partial charge in [0.25, 0.3) is 10.0 Å². The molecule has 0 saturated carbocycles. The van der Waals surface area contributed by atoms with E-state index in [1.54, 1.807) is 43.3 Å². The van der Waals surface area contributed by atoms with Crippen molar-refractivity contribution < 1.29 is 18.3 Å². The van der Waals surface area contributed by atoms with Crippen LogP contribution in [0.2, 0.25) is 0 Å². The van der Waals surface area contributed by atoms with Crippen molar-refractivity contribution in [2.75, 3.05) is 10.8 Å². The lowest BCUT2D eigenvalue weighted by atomic mass is 10.3. The predicted octanol–water partition coefficient (Wildman–Crippen LogP) is 2.64. The Kier molecular flexibility index (Phi) is 4.34. The van der Waals surface area contributed by atoms with E-state index in [4.69, 9.17) is 5.11 Å². The quantitative estimate of drug-likeness (QED) is 0.917. The Bertz CT molecular complexity index is 751. The van der Waals surface area contributed by atoms with E-state index in [-0.39, 0.29) is 4.90 Å². The molecule has 1 aromatic carbocycles. The number of aryl methyl sites for hydroxylation is 2. The summed E-state index contributed by atoms with van der Waals surface area (Å²) in [5.41, 5.74) is 0.336. The van der Waals surface area contributed by atoms with Gasteiger partial charge in [-0.1, -0.05) is 18.2 Å². The first-order valence-corrected chi connectivity index (χ1v) is 8.44. The largest absolute Gasteiger partial charge is 0.480 e. The summed E-state index contributed by atoms with van der Waals surface area (Å²) in [5, 5.41) is 9.03. The summed E-state index contributed by atoms with van der Waals surface area (Å²) in [7, 11) is -3.90. The van der Waals surface area contributed by atoms with Crippen molar-refractivity contribution >= 4 is 33.0 Å². The molecule has 0 atom stereocenters. The number of para-hydroxylation sites is 1. The Labute approximate surface area is 127 Å². The van der Waals surface area contributed by atoms with E-state index in [9.17, 15) is 13.2 Å². The molecule has 0 spiro atoms. The number of hydrogen-bond acceptors (Lipinski definition) is 4. The molecule has 1 aromatic heterocycles. The molecule has 1 N–H and O–H groups in total. The summed E-state index contributed by atoms with van der Waals surface area (Å²) in [6.45, 7) is 2.93. The Morgan fingerprint density at radius 3 is 2.33 bits per heavy atom. The number of sulfonamides is 1. The number of aliphatic carboxylic acids is 1. The summed E-state index contributed by atoms with van der Waals surface area (Å²) in [4.78, 5) is 12.7. The molecule has 0 aliphatic heterocycles. The third-order valence-corrected chi connectivity index (χ3v) is 5.88. The molecular formula is C14H15NO4S2. The number of rotatable bonds is 5. The Morgan fingerprint density at radius 2 is 1.86 bits per heavy atom. The molecule has 0 fully saturated rings. The first kappa shape index (κ1) is 15.5. The molecule has 0 bridgehead atoms. The zero-order valence-corrected chi connectivity index (χ0v) is 13.2. The van der Waals surface area contributed by atoms with Crippen LogP contribution in [0.5, 0.6) is 0 Å². The van der Waals surface area contributed by atoms with E-state index in [1.807, 2.05) is 6.92 Å². The second kappa shape index (κ2) is 5.87. The molecule has 21 heavy (non-hydrogen) atoms. The van der Waals surface area contributed by atoms with Gasteiger partial charge in [-0.25, -0.2) is 8.42 Å². The van der Waals surface area contributed by atoms with Crippen molar-refractivity contribution in [1.29, 1.82) is 0 Å². The van der Waals surface area contributed by atoms with Crippen LogP contribution < -0.4 is 4.31 Å². The first-order valence-electron chi connectivity index (χ1n) is 6.19. The van der Waals surface area contributed by atoms with E-state index in [1.165, 1.54) is 11.3 Å². The summed E-state index contributed by atoms with van der Waals surface area (Å²) < 4.78 is 26.5. The van der Waals surface area contributed by atoms with Gasteiger partial charge in [-0.3, -0.25) is 9.10 Å². The Balaban J connectivity index is 2.55. The second-order valence-corrected chi connectivity index (χ2v) is 7.81. The van der Waals surface area contributed by atoms with Crippen LogP contribution in [-0.4, -0.2) is 26.0 Å². The summed E-state index contributed by atoms with van der Waals surface area (Å²) in [6.07, 6.45) is 0. The fourth-order valence-corrected chi connectivity index (χ4v) is 4.96. The maximum absolute atomic E-state index is 12.8. The Hall–Kier alpha value is -1.86. The van der Waals surface area contributed by atoms with E-state index in [0.717, 1.165) is 9.18 Å². The number of thiophene rings is 1. The highest BCUT2D eigenvalue weighted by Gasteiger charge is 2.29. The van der Waals surface area contributed by atoms with Gasteiger partial charge in [-0.05, 0) is 32.0 Å². The van der Waals surface area contributed by atoms with Crippen molar-refractivity contribution in [2.45, 2.75) is 18.7 Å². The van der Waals surface area contributed by atoms with Crippen molar-refractivity contribution in [2.24, 2.45) is 0 Å². The number of anilines is 1. The smallest absolute Gasteiger partial charge is 0.324 e. The minimum absolute atomic E-state index is 0.162. The molecule has 0 unspecified atom stereocenters. The normalized spacial score (nSPS) is 11.3. The van der Waals surface area contributed by atoms with Gasteiger partial charge in [0.1, 0.15) is 11.4 Å².